The number of aromatic nitrogens is 2. The molecule has 4 heteroatoms. The Hall–Kier alpha value is -2.75. The Morgan fingerprint density at radius 2 is 1.64 bits per heavy atom. The summed E-state index contributed by atoms with van der Waals surface area (Å²) in [5.41, 5.74) is 3.41. The van der Waals surface area contributed by atoms with E-state index in [0.717, 1.165) is 11.3 Å². The highest BCUT2D eigenvalue weighted by Gasteiger charge is 2.07. The average Bonchev–Trinajstić information content (AvgIpc) is 2.50. The largest absolute Gasteiger partial charge is 0.338 e. The van der Waals surface area contributed by atoms with E-state index in [2.05, 4.69) is 15.3 Å². The van der Waals surface area contributed by atoms with E-state index in [1.54, 1.807) is 18.2 Å². The lowest BCUT2D eigenvalue weighted by atomic mass is 10.1. The highest BCUT2D eigenvalue weighted by molar-refractivity contribution is 5.66. The Bertz CT molecular complexity index is 798. The molecule has 0 saturated carbocycles. The lowest BCUT2D eigenvalue weighted by Gasteiger charge is -2.09. The van der Waals surface area contributed by atoms with E-state index in [9.17, 15) is 4.39 Å². The number of rotatable bonds is 3. The van der Waals surface area contributed by atoms with E-state index in [-0.39, 0.29) is 5.82 Å². The van der Waals surface area contributed by atoms with Crippen LogP contribution < -0.4 is 5.32 Å². The van der Waals surface area contributed by atoms with Crippen molar-refractivity contribution in [1.29, 1.82) is 0 Å². The maximum absolute atomic E-state index is 13.7. The summed E-state index contributed by atoms with van der Waals surface area (Å²) < 4.78 is 13.7. The molecule has 1 aromatic heterocycles. The van der Waals surface area contributed by atoms with Crippen LogP contribution in [0.1, 0.15) is 11.4 Å². The summed E-state index contributed by atoms with van der Waals surface area (Å²) >= 11 is 0. The zero-order chi connectivity index (χ0) is 15.5. The summed E-state index contributed by atoms with van der Waals surface area (Å²) in [5, 5.41) is 3.01. The second-order valence-corrected chi connectivity index (χ2v) is 5.16. The summed E-state index contributed by atoms with van der Waals surface area (Å²) in [6.07, 6.45) is 0. The number of aryl methyl sites for hydroxylation is 2. The smallest absolute Gasteiger partial charge is 0.146 e. The topological polar surface area (TPSA) is 37.8 Å². The first kappa shape index (κ1) is 14.2. The van der Waals surface area contributed by atoms with Crippen molar-refractivity contribution in [3.05, 3.63) is 71.8 Å². The summed E-state index contributed by atoms with van der Waals surface area (Å²) in [5.74, 6) is 0.903. The minimum Gasteiger partial charge on any atom is -0.338 e. The lowest BCUT2D eigenvalue weighted by molar-refractivity contribution is 0.632. The first-order valence-corrected chi connectivity index (χ1v) is 7.06. The number of para-hydroxylation sites is 1. The van der Waals surface area contributed by atoms with Crippen molar-refractivity contribution in [2.75, 3.05) is 5.32 Å². The van der Waals surface area contributed by atoms with E-state index in [4.69, 9.17) is 0 Å². The molecule has 3 aromatic rings. The summed E-state index contributed by atoms with van der Waals surface area (Å²) in [6, 6.07) is 16.5. The third kappa shape index (κ3) is 3.11. The van der Waals surface area contributed by atoms with Gasteiger partial charge in [0.2, 0.25) is 0 Å². The molecule has 110 valence electrons. The zero-order valence-corrected chi connectivity index (χ0v) is 12.5. The molecule has 0 saturated heterocycles. The van der Waals surface area contributed by atoms with E-state index in [0.29, 0.717) is 17.3 Å². The molecule has 0 fully saturated rings. The first-order chi connectivity index (χ1) is 10.6. The van der Waals surface area contributed by atoms with Crippen LogP contribution in [0, 0.1) is 19.7 Å². The molecule has 2 aromatic carbocycles. The quantitative estimate of drug-likeness (QED) is 0.764. The van der Waals surface area contributed by atoms with E-state index >= 15 is 0 Å². The van der Waals surface area contributed by atoms with Crippen molar-refractivity contribution in [1.82, 2.24) is 9.97 Å². The molecule has 1 N–H and O–H groups in total. The van der Waals surface area contributed by atoms with Crippen molar-refractivity contribution in [2.24, 2.45) is 0 Å². The molecule has 0 bridgehead atoms. The van der Waals surface area contributed by atoms with Crippen LogP contribution in [0.2, 0.25) is 0 Å². The van der Waals surface area contributed by atoms with Crippen molar-refractivity contribution in [3.63, 3.8) is 0 Å². The van der Waals surface area contributed by atoms with Gasteiger partial charge in [-0.05, 0) is 26.0 Å². The summed E-state index contributed by atoms with van der Waals surface area (Å²) in [4.78, 5) is 8.78. The van der Waals surface area contributed by atoms with Crippen molar-refractivity contribution in [2.45, 2.75) is 13.8 Å². The van der Waals surface area contributed by atoms with Gasteiger partial charge in [0, 0.05) is 11.6 Å². The second-order valence-electron chi connectivity index (χ2n) is 5.16. The molecule has 0 aliphatic heterocycles. The van der Waals surface area contributed by atoms with Crippen LogP contribution in [0.5, 0.6) is 0 Å². The van der Waals surface area contributed by atoms with Gasteiger partial charge in [-0.2, -0.15) is 0 Å². The molecule has 0 atom stereocenters. The van der Waals surface area contributed by atoms with Crippen molar-refractivity contribution >= 4 is 11.5 Å². The third-order valence-corrected chi connectivity index (χ3v) is 3.32. The van der Waals surface area contributed by atoms with Crippen LogP contribution in [-0.2, 0) is 0 Å². The lowest BCUT2D eigenvalue weighted by Crippen LogP contribution is -2.00. The molecule has 3 rings (SSSR count). The number of nitrogens with one attached hydrogen (secondary N) is 1. The Morgan fingerprint density at radius 3 is 2.36 bits per heavy atom. The molecule has 0 spiro atoms. The number of hydrogen-bond acceptors (Lipinski definition) is 3. The van der Waals surface area contributed by atoms with Crippen molar-refractivity contribution < 1.29 is 4.39 Å². The van der Waals surface area contributed by atoms with Gasteiger partial charge in [0.15, 0.2) is 0 Å². The second kappa shape index (κ2) is 5.93. The SMILES string of the molecule is Cc1ccc(-c2cc(Nc3ccccc3F)nc(C)n2)cc1. The summed E-state index contributed by atoms with van der Waals surface area (Å²) in [6.45, 7) is 3.87. The standard InChI is InChI=1S/C18H16FN3/c1-12-7-9-14(10-8-12)17-11-18(21-13(2)20-17)22-16-6-4-3-5-15(16)19/h3-11H,1-2H3,(H,20,21,22). The van der Waals surface area contributed by atoms with E-state index < -0.39 is 0 Å². The molecule has 22 heavy (non-hydrogen) atoms. The van der Waals surface area contributed by atoms with Crippen LogP contribution in [0.25, 0.3) is 11.3 Å². The highest BCUT2D eigenvalue weighted by Crippen LogP contribution is 2.23. The Morgan fingerprint density at radius 1 is 0.909 bits per heavy atom. The zero-order valence-electron chi connectivity index (χ0n) is 12.5. The van der Waals surface area contributed by atoms with Crippen LogP contribution in [0.4, 0.5) is 15.9 Å². The Balaban J connectivity index is 1.96. The number of nitrogens with zero attached hydrogens (tertiary/aromatic N) is 2. The maximum Gasteiger partial charge on any atom is 0.146 e. The molecule has 1 heterocycles. The Kier molecular flexibility index (Phi) is 3.83. The van der Waals surface area contributed by atoms with Gasteiger partial charge in [0.1, 0.15) is 17.5 Å². The van der Waals surface area contributed by atoms with Gasteiger partial charge >= 0.3 is 0 Å². The van der Waals surface area contributed by atoms with Crippen molar-refractivity contribution in [3.8, 4) is 11.3 Å². The molecular weight excluding hydrogens is 277 g/mol. The van der Waals surface area contributed by atoms with Gasteiger partial charge in [0.25, 0.3) is 0 Å². The predicted octanol–water partition coefficient (Wildman–Crippen LogP) is 4.64. The number of hydrogen-bond donors (Lipinski definition) is 1. The fraction of sp³-hybridized carbons (Fsp3) is 0.111. The van der Waals surface area contributed by atoms with E-state index in [1.807, 2.05) is 44.2 Å². The predicted molar refractivity (Wildman–Crippen MR) is 86.6 cm³/mol. The van der Waals surface area contributed by atoms with Gasteiger partial charge in [0.05, 0.1) is 11.4 Å². The van der Waals surface area contributed by atoms with Gasteiger partial charge in [-0.3, -0.25) is 0 Å². The third-order valence-electron chi connectivity index (χ3n) is 3.32. The van der Waals surface area contributed by atoms with E-state index in [1.165, 1.54) is 11.6 Å². The number of benzene rings is 2. The minimum atomic E-state index is -0.310. The molecular formula is C18H16FN3. The Labute approximate surface area is 128 Å². The monoisotopic (exact) mass is 293 g/mol. The van der Waals surface area contributed by atoms with Crippen LogP contribution in [0.15, 0.2) is 54.6 Å². The van der Waals surface area contributed by atoms with Crippen LogP contribution >= 0.6 is 0 Å². The average molecular weight is 293 g/mol. The minimum absolute atomic E-state index is 0.310. The molecule has 0 radical (unpaired) electrons. The molecule has 0 aliphatic carbocycles. The summed E-state index contributed by atoms with van der Waals surface area (Å²) in [7, 11) is 0. The van der Waals surface area contributed by atoms with Crippen LogP contribution in [-0.4, -0.2) is 9.97 Å². The van der Waals surface area contributed by atoms with Crippen LogP contribution in [0.3, 0.4) is 0 Å². The van der Waals surface area contributed by atoms with Gasteiger partial charge in [-0.25, -0.2) is 14.4 Å². The molecule has 3 nitrogen and oxygen atoms in total. The fourth-order valence-corrected chi connectivity index (χ4v) is 2.20. The number of halogens is 1. The number of anilines is 2. The maximum atomic E-state index is 13.7. The molecule has 0 aliphatic rings. The highest BCUT2D eigenvalue weighted by atomic mass is 19.1. The normalized spacial score (nSPS) is 10.5. The first-order valence-electron chi connectivity index (χ1n) is 7.06. The van der Waals surface area contributed by atoms with Gasteiger partial charge in [-0.1, -0.05) is 42.0 Å². The molecule has 0 amide bonds. The van der Waals surface area contributed by atoms with Gasteiger partial charge < -0.3 is 5.32 Å². The van der Waals surface area contributed by atoms with Gasteiger partial charge in [-0.15, -0.1) is 0 Å². The molecule has 0 unspecified atom stereocenters. The fourth-order valence-electron chi connectivity index (χ4n) is 2.20.